The molecule has 2 aliphatic rings. The van der Waals surface area contributed by atoms with Crippen molar-refractivity contribution in [3.63, 3.8) is 0 Å². The molecule has 1 amide bonds. The van der Waals surface area contributed by atoms with E-state index in [1.165, 1.54) is 6.07 Å². The number of nitrogens with one attached hydrogen (secondary N) is 1. The third kappa shape index (κ3) is 3.19. The van der Waals surface area contributed by atoms with Gasteiger partial charge < -0.3 is 15.3 Å². The molecule has 2 fully saturated rings. The Morgan fingerprint density at radius 1 is 1.36 bits per heavy atom. The van der Waals surface area contributed by atoms with Gasteiger partial charge in [-0.25, -0.2) is 0 Å². The molecule has 3 rings (SSSR count). The van der Waals surface area contributed by atoms with Gasteiger partial charge in [-0.15, -0.1) is 0 Å². The smallest absolute Gasteiger partial charge is 0.293 e. The van der Waals surface area contributed by atoms with E-state index in [0.29, 0.717) is 30.3 Å². The lowest BCUT2D eigenvalue weighted by Crippen LogP contribution is -2.42. The molecule has 22 heavy (non-hydrogen) atoms. The Balaban J connectivity index is 1.82. The van der Waals surface area contributed by atoms with Crippen molar-refractivity contribution in [3.05, 3.63) is 33.9 Å². The van der Waals surface area contributed by atoms with Crippen LogP contribution in [0.25, 0.3) is 0 Å². The highest BCUT2D eigenvalue weighted by Crippen LogP contribution is 2.32. The molecule has 2 N–H and O–H groups in total. The highest BCUT2D eigenvalue weighted by atomic mass is 16.6. The number of nitro groups is 1. The van der Waals surface area contributed by atoms with Gasteiger partial charge in [0.05, 0.1) is 11.0 Å². The molecule has 0 bridgehead atoms. The second-order valence-corrected chi connectivity index (χ2v) is 5.95. The van der Waals surface area contributed by atoms with Crippen LogP contribution in [-0.2, 0) is 0 Å². The number of aliphatic hydroxyl groups is 1. The van der Waals surface area contributed by atoms with Crippen molar-refractivity contribution in [1.29, 1.82) is 0 Å². The first-order valence-electron chi connectivity index (χ1n) is 7.57. The van der Waals surface area contributed by atoms with E-state index in [4.69, 9.17) is 0 Å². The molecule has 118 valence electrons. The number of amides is 1. The number of hydrogen-bond donors (Lipinski definition) is 2. The van der Waals surface area contributed by atoms with E-state index in [1.807, 2.05) is 0 Å². The van der Waals surface area contributed by atoms with Crippen molar-refractivity contribution in [2.45, 2.75) is 37.8 Å². The number of piperidine rings is 1. The van der Waals surface area contributed by atoms with Crippen LogP contribution >= 0.6 is 0 Å². The van der Waals surface area contributed by atoms with Gasteiger partial charge in [0, 0.05) is 30.8 Å². The van der Waals surface area contributed by atoms with E-state index in [0.717, 1.165) is 19.3 Å². The minimum atomic E-state index is -0.511. The average Bonchev–Trinajstić information content (AvgIpc) is 3.30. The summed E-state index contributed by atoms with van der Waals surface area (Å²) in [5.74, 6) is -0.264. The lowest BCUT2D eigenvalue weighted by atomic mass is 10.1. The predicted molar refractivity (Wildman–Crippen MR) is 80.9 cm³/mol. The maximum absolute atomic E-state index is 12.4. The minimum Gasteiger partial charge on any atom is -0.391 e. The first-order valence-corrected chi connectivity index (χ1v) is 7.57. The fraction of sp³-hybridized carbons (Fsp3) is 0.533. The topological polar surface area (TPSA) is 95.7 Å². The number of carbonyl (C=O) groups is 1. The number of aliphatic hydroxyl groups excluding tert-OH is 1. The van der Waals surface area contributed by atoms with Gasteiger partial charge in [-0.1, -0.05) is 0 Å². The van der Waals surface area contributed by atoms with Crippen LogP contribution in [0.15, 0.2) is 18.2 Å². The van der Waals surface area contributed by atoms with E-state index in [2.05, 4.69) is 5.32 Å². The summed E-state index contributed by atoms with van der Waals surface area (Å²) >= 11 is 0. The third-order valence-corrected chi connectivity index (χ3v) is 4.06. The molecule has 1 heterocycles. The molecule has 1 saturated heterocycles. The molecule has 1 aromatic rings. The van der Waals surface area contributed by atoms with Gasteiger partial charge in [-0.3, -0.25) is 14.9 Å². The number of carbonyl (C=O) groups excluding carboxylic acids is 1. The molecule has 1 atom stereocenters. The normalized spacial score (nSPS) is 21.5. The Bertz CT molecular complexity index is 600. The van der Waals surface area contributed by atoms with Crippen LogP contribution in [0.3, 0.4) is 0 Å². The molecule has 1 unspecified atom stereocenters. The molecule has 0 spiro atoms. The summed E-state index contributed by atoms with van der Waals surface area (Å²) in [6.07, 6.45) is 2.96. The average molecular weight is 305 g/mol. The first kappa shape index (κ1) is 14.8. The van der Waals surface area contributed by atoms with Crippen molar-refractivity contribution in [2.75, 3.05) is 18.4 Å². The van der Waals surface area contributed by atoms with Crippen LogP contribution in [0, 0.1) is 10.1 Å². The Morgan fingerprint density at radius 3 is 2.77 bits per heavy atom. The fourth-order valence-electron chi connectivity index (χ4n) is 2.71. The lowest BCUT2D eigenvalue weighted by molar-refractivity contribution is -0.384. The highest BCUT2D eigenvalue weighted by molar-refractivity contribution is 5.95. The largest absolute Gasteiger partial charge is 0.391 e. The molecule has 1 saturated carbocycles. The Hall–Kier alpha value is -2.15. The lowest BCUT2D eigenvalue weighted by Gasteiger charge is -2.30. The number of nitro benzene ring substituents is 1. The zero-order valence-electron chi connectivity index (χ0n) is 12.2. The molecule has 0 aromatic heterocycles. The molecule has 0 radical (unpaired) electrons. The maximum atomic E-state index is 12.4. The SMILES string of the molecule is O=C(c1ccc(NC2CC2)c([N+](=O)[O-])c1)N1CCCC(O)C1. The predicted octanol–water partition coefficient (Wildman–Crippen LogP) is 1.77. The van der Waals surface area contributed by atoms with E-state index in [9.17, 15) is 20.0 Å². The summed E-state index contributed by atoms with van der Waals surface area (Å²) in [7, 11) is 0. The molecule has 1 aromatic carbocycles. The summed E-state index contributed by atoms with van der Waals surface area (Å²) in [6, 6.07) is 4.84. The van der Waals surface area contributed by atoms with Crippen LogP contribution in [0.5, 0.6) is 0 Å². The maximum Gasteiger partial charge on any atom is 0.293 e. The van der Waals surface area contributed by atoms with Gasteiger partial charge in [0.25, 0.3) is 11.6 Å². The Labute approximate surface area is 128 Å². The number of rotatable bonds is 4. The molecular formula is C15H19N3O4. The summed E-state index contributed by atoms with van der Waals surface area (Å²) in [6.45, 7) is 0.862. The Kier molecular flexibility index (Phi) is 3.98. The molecule has 1 aliphatic heterocycles. The van der Waals surface area contributed by atoms with E-state index in [1.54, 1.807) is 17.0 Å². The van der Waals surface area contributed by atoms with Crippen LogP contribution < -0.4 is 5.32 Å². The zero-order valence-corrected chi connectivity index (χ0v) is 12.2. The van der Waals surface area contributed by atoms with E-state index < -0.39 is 11.0 Å². The summed E-state index contributed by atoms with van der Waals surface area (Å²) < 4.78 is 0. The van der Waals surface area contributed by atoms with Crippen molar-refractivity contribution < 1.29 is 14.8 Å². The number of nitrogens with zero attached hydrogens (tertiary/aromatic N) is 2. The summed E-state index contributed by atoms with van der Waals surface area (Å²) in [4.78, 5) is 24.8. The van der Waals surface area contributed by atoms with Crippen LogP contribution in [-0.4, -0.2) is 46.1 Å². The van der Waals surface area contributed by atoms with E-state index >= 15 is 0 Å². The number of benzene rings is 1. The van der Waals surface area contributed by atoms with Gasteiger partial charge >= 0.3 is 0 Å². The summed E-state index contributed by atoms with van der Waals surface area (Å²) in [5.41, 5.74) is 0.681. The van der Waals surface area contributed by atoms with Crippen molar-refractivity contribution in [3.8, 4) is 0 Å². The van der Waals surface area contributed by atoms with Crippen LogP contribution in [0.4, 0.5) is 11.4 Å². The second-order valence-electron chi connectivity index (χ2n) is 5.95. The highest BCUT2D eigenvalue weighted by Gasteiger charge is 2.27. The first-order chi connectivity index (χ1) is 10.5. The van der Waals surface area contributed by atoms with E-state index in [-0.39, 0.29) is 18.1 Å². The number of hydrogen-bond acceptors (Lipinski definition) is 5. The van der Waals surface area contributed by atoms with Gasteiger partial charge in [0.1, 0.15) is 5.69 Å². The standard InChI is InChI=1S/C15H19N3O4/c19-12-2-1-7-17(9-12)15(20)10-3-6-13(16-11-4-5-11)14(8-10)18(21)22/h3,6,8,11-12,16,19H,1-2,4-5,7,9H2. The van der Waals surface area contributed by atoms with Gasteiger partial charge in [-0.05, 0) is 37.8 Å². The number of likely N-dealkylation sites (tertiary alicyclic amines) is 1. The van der Waals surface area contributed by atoms with Gasteiger partial charge in [0.15, 0.2) is 0 Å². The zero-order chi connectivity index (χ0) is 15.7. The molecular weight excluding hydrogens is 286 g/mol. The second kappa shape index (κ2) is 5.92. The van der Waals surface area contributed by atoms with Crippen LogP contribution in [0.1, 0.15) is 36.0 Å². The monoisotopic (exact) mass is 305 g/mol. The van der Waals surface area contributed by atoms with Crippen molar-refractivity contribution >= 4 is 17.3 Å². The van der Waals surface area contributed by atoms with Gasteiger partial charge in [-0.2, -0.15) is 0 Å². The Morgan fingerprint density at radius 2 is 2.14 bits per heavy atom. The van der Waals surface area contributed by atoms with Gasteiger partial charge in [0.2, 0.25) is 0 Å². The van der Waals surface area contributed by atoms with Crippen molar-refractivity contribution in [2.24, 2.45) is 0 Å². The van der Waals surface area contributed by atoms with Crippen molar-refractivity contribution in [1.82, 2.24) is 4.90 Å². The summed E-state index contributed by atoms with van der Waals surface area (Å²) in [5, 5.41) is 24.0. The number of β-amino-alcohol motifs (C(OH)–C–C–N with tert-alkyl or cyclic N) is 1. The molecule has 7 heteroatoms. The molecule has 7 nitrogen and oxygen atoms in total. The quantitative estimate of drug-likeness (QED) is 0.653. The minimum absolute atomic E-state index is 0.0738. The molecule has 1 aliphatic carbocycles. The third-order valence-electron chi connectivity index (χ3n) is 4.06. The van der Waals surface area contributed by atoms with Crippen LogP contribution in [0.2, 0.25) is 0 Å². The fourth-order valence-corrected chi connectivity index (χ4v) is 2.71. The number of anilines is 1.